The van der Waals surface area contributed by atoms with Gasteiger partial charge in [0.2, 0.25) is 5.95 Å². The number of imidazole rings is 2. The zero-order chi connectivity index (χ0) is 23.1. The summed E-state index contributed by atoms with van der Waals surface area (Å²) in [5, 5.41) is 7.58. The van der Waals surface area contributed by atoms with Gasteiger partial charge >= 0.3 is 0 Å². The SMILES string of the molecule is CN1CCC(Nc2ccc(Nc3nc(N4CCc5nc[nH]c5C4)c4[nH]cnc4n3)cc2Cl)CC1. The number of hydrogen-bond donors (Lipinski definition) is 4. The van der Waals surface area contributed by atoms with Crippen molar-refractivity contribution in [3.63, 3.8) is 0 Å². The first-order chi connectivity index (χ1) is 16.6. The molecule has 1 saturated heterocycles. The van der Waals surface area contributed by atoms with Crippen LogP contribution in [0.25, 0.3) is 11.2 Å². The molecule has 2 aliphatic rings. The third-order valence-electron chi connectivity index (χ3n) is 6.64. The molecule has 0 amide bonds. The fourth-order valence-electron chi connectivity index (χ4n) is 4.71. The normalized spacial score (nSPS) is 17.2. The van der Waals surface area contributed by atoms with E-state index in [2.05, 4.69) is 52.4 Å². The third-order valence-corrected chi connectivity index (χ3v) is 6.96. The summed E-state index contributed by atoms with van der Waals surface area (Å²) in [5.41, 5.74) is 5.46. The lowest BCUT2D eigenvalue weighted by Gasteiger charge is -2.30. The molecule has 3 aromatic heterocycles. The molecule has 4 N–H and O–H groups in total. The number of nitrogens with zero attached hydrogens (tertiary/aromatic N) is 6. The number of likely N-dealkylation sites (tertiary alicyclic amines) is 1. The van der Waals surface area contributed by atoms with Gasteiger partial charge in [0.25, 0.3) is 0 Å². The van der Waals surface area contributed by atoms with E-state index in [-0.39, 0.29) is 0 Å². The van der Waals surface area contributed by atoms with Crippen molar-refractivity contribution in [2.75, 3.05) is 42.2 Å². The molecule has 6 rings (SSSR count). The van der Waals surface area contributed by atoms with Crippen molar-refractivity contribution in [2.24, 2.45) is 0 Å². The van der Waals surface area contributed by atoms with E-state index in [1.54, 1.807) is 12.7 Å². The molecule has 1 fully saturated rings. The average Bonchev–Trinajstić information content (AvgIpc) is 3.50. The zero-order valence-electron chi connectivity index (χ0n) is 19.0. The van der Waals surface area contributed by atoms with Gasteiger partial charge in [0.1, 0.15) is 5.52 Å². The minimum absolute atomic E-state index is 0.445. The fraction of sp³-hybridized carbons (Fsp3) is 0.391. The standard InChI is InChI=1S/C23H27ClN10/c1-33-7-4-14(5-8-33)29-17-3-2-15(10-16(17)24)30-23-31-21-20(27-13-28-21)22(32-23)34-9-6-18-19(11-34)26-12-25-18/h2-3,10,12-14,29H,4-9,11H2,1H3,(H,25,26)(H2,27,28,30,31,32). The second-order valence-electron chi connectivity index (χ2n) is 9.01. The molecule has 34 heavy (non-hydrogen) atoms. The molecular weight excluding hydrogens is 452 g/mol. The van der Waals surface area contributed by atoms with E-state index in [4.69, 9.17) is 16.6 Å². The van der Waals surface area contributed by atoms with Crippen molar-refractivity contribution in [3.8, 4) is 0 Å². The maximum Gasteiger partial charge on any atom is 0.231 e. The summed E-state index contributed by atoms with van der Waals surface area (Å²) in [6.45, 7) is 3.74. The van der Waals surface area contributed by atoms with Crippen molar-refractivity contribution < 1.29 is 0 Å². The van der Waals surface area contributed by atoms with E-state index < -0.39 is 0 Å². The molecule has 1 aromatic carbocycles. The smallest absolute Gasteiger partial charge is 0.231 e. The highest BCUT2D eigenvalue weighted by Gasteiger charge is 2.23. The van der Waals surface area contributed by atoms with E-state index in [9.17, 15) is 0 Å². The molecule has 0 atom stereocenters. The highest BCUT2D eigenvalue weighted by atomic mass is 35.5. The Morgan fingerprint density at radius 3 is 2.76 bits per heavy atom. The lowest BCUT2D eigenvalue weighted by Crippen LogP contribution is -2.36. The van der Waals surface area contributed by atoms with Crippen molar-refractivity contribution in [1.82, 2.24) is 34.8 Å². The average molecular weight is 479 g/mol. The zero-order valence-corrected chi connectivity index (χ0v) is 19.7. The predicted molar refractivity (Wildman–Crippen MR) is 134 cm³/mol. The molecule has 2 aliphatic heterocycles. The minimum Gasteiger partial charge on any atom is -0.381 e. The molecule has 0 radical (unpaired) electrons. The minimum atomic E-state index is 0.445. The Morgan fingerprint density at radius 2 is 1.91 bits per heavy atom. The quantitative estimate of drug-likeness (QED) is 0.344. The van der Waals surface area contributed by atoms with E-state index in [0.717, 1.165) is 73.0 Å². The van der Waals surface area contributed by atoms with Crippen LogP contribution in [0.2, 0.25) is 5.02 Å². The lowest BCUT2D eigenvalue weighted by atomic mass is 10.1. The first-order valence-electron chi connectivity index (χ1n) is 11.6. The van der Waals surface area contributed by atoms with Gasteiger partial charge in [-0.05, 0) is 51.2 Å². The van der Waals surface area contributed by atoms with E-state index >= 15 is 0 Å². The highest BCUT2D eigenvalue weighted by molar-refractivity contribution is 6.33. The molecule has 0 bridgehead atoms. The number of aromatic amines is 2. The number of fused-ring (bicyclic) bond motifs is 2. The summed E-state index contributed by atoms with van der Waals surface area (Å²) in [4.78, 5) is 29.2. The van der Waals surface area contributed by atoms with Gasteiger partial charge in [-0.3, -0.25) is 0 Å². The first-order valence-corrected chi connectivity index (χ1v) is 12.0. The van der Waals surface area contributed by atoms with Gasteiger partial charge < -0.3 is 30.4 Å². The van der Waals surface area contributed by atoms with Gasteiger partial charge in [-0.15, -0.1) is 0 Å². The molecular formula is C23H27ClN10. The van der Waals surface area contributed by atoms with Crippen molar-refractivity contribution >= 4 is 45.9 Å². The molecule has 0 unspecified atom stereocenters. The van der Waals surface area contributed by atoms with Gasteiger partial charge in [-0.2, -0.15) is 9.97 Å². The summed E-state index contributed by atoms with van der Waals surface area (Å²) in [7, 11) is 2.16. The van der Waals surface area contributed by atoms with Crippen molar-refractivity contribution in [2.45, 2.75) is 31.8 Å². The predicted octanol–water partition coefficient (Wildman–Crippen LogP) is 3.54. The Hall–Kier alpha value is -3.37. The van der Waals surface area contributed by atoms with Crippen LogP contribution in [0.5, 0.6) is 0 Å². The molecule has 5 heterocycles. The molecule has 0 spiro atoms. The number of hydrogen-bond acceptors (Lipinski definition) is 8. The molecule has 0 saturated carbocycles. The number of rotatable bonds is 5. The van der Waals surface area contributed by atoms with E-state index in [1.807, 2.05) is 18.2 Å². The van der Waals surface area contributed by atoms with Gasteiger partial charge in [-0.25, -0.2) is 9.97 Å². The van der Waals surface area contributed by atoms with Crippen LogP contribution in [-0.2, 0) is 13.0 Å². The second-order valence-corrected chi connectivity index (χ2v) is 9.42. The van der Waals surface area contributed by atoms with Crippen molar-refractivity contribution in [1.29, 1.82) is 0 Å². The molecule has 176 valence electrons. The number of nitrogens with one attached hydrogen (secondary N) is 4. The fourth-order valence-corrected chi connectivity index (χ4v) is 4.94. The number of anilines is 4. The first kappa shape index (κ1) is 21.2. The topological polar surface area (TPSA) is 114 Å². The van der Waals surface area contributed by atoms with Crippen LogP contribution in [0, 0.1) is 0 Å². The van der Waals surface area contributed by atoms with Crippen LogP contribution in [0.3, 0.4) is 0 Å². The largest absolute Gasteiger partial charge is 0.381 e. The van der Waals surface area contributed by atoms with Crippen LogP contribution >= 0.6 is 11.6 Å². The Morgan fingerprint density at radius 1 is 1.06 bits per heavy atom. The summed E-state index contributed by atoms with van der Waals surface area (Å²) in [6.07, 6.45) is 6.50. The summed E-state index contributed by atoms with van der Waals surface area (Å²) in [6, 6.07) is 6.37. The number of piperidine rings is 1. The van der Waals surface area contributed by atoms with Crippen LogP contribution in [0.15, 0.2) is 30.9 Å². The number of benzene rings is 1. The summed E-state index contributed by atoms with van der Waals surface area (Å²) in [5.74, 6) is 1.30. The van der Waals surface area contributed by atoms with Crippen molar-refractivity contribution in [3.05, 3.63) is 47.3 Å². The number of aromatic nitrogens is 6. The van der Waals surface area contributed by atoms with E-state index in [1.165, 1.54) is 0 Å². The lowest BCUT2D eigenvalue weighted by molar-refractivity contribution is 0.264. The van der Waals surface area contributed by atoms with Crippen LogP contribution in [0.4, 0.5) is 23.1 Å². The number of H-pyrrole nitrogens is 2. The van der Waals surface area contributed by atoms with Crippen LogP contribution in [0.1, 0.15) is 24.2 Å². The maximum atomic E-state index is 6.62. The van der Waals surface area contributed by atoms with E-state index in [0.29, 0.717) is 29.2 Å². The Kier molecular flexibility index (Phi) is 5.46. The molecule has 4 aromatic rings. The Bertz CT molecular complexity index is 1310. The molecule has 11 heteroatoms. The highest BCUT2D eigenvalue weighted by Crippen LogP contribution is 2.31. The maximum absolute atomic E-state index is 6.62. The second kappa shape index (κ2) is 8.77. The van der Waals surface area contributed by atoms with Gasteiger partial charge in [0.05, 0.1) is 41.3 Å². The Labute approximate surface area is 202 Å². The van der Waals surface area contributed by atoms with Gasteiger partial charge in [0, 0.05) is 24.7 Å². The van der Waals surface area contributed by atoms with Gasteiger partial charge in [-0.1, -0.05) is 11.6 Å². The Balaban J connectivity index is 1.22. The van der Waals surface area contributed by atoms with Crippen LogP contribution < -0.4 is 15.5 Å². The number of halogens is 1. The van der Waals surface area contributed by atoms with Crippen LogP contribution in [-0.4, -0.2) is 67.5 Å². The molecule has 0 aliphatic carbocycles. The monoisotopic (exact) mass is 478 g/mol. The summed E-state index contributed by atoms with van der Waals surface area (Å²) < 4.78 is 0. The summed E-state index contributed by atoms with van der Waals surface area (Å²) >= 11 is 6.62. The third kappa shape index (κ3) is 4.14. The molecule has 10 nitrogen and oxygen atoms in total. The van der Waals surface area contributed by atoms with Gasteiger partial charge in [0.15, 0.2) is 11.5 Å².